The van der Waals surface area contributed by atoms with Crippen molar-refractivity contribution < 1.29 is 4.79 Å². The van der Waals surface area contributed by atoms with Crippen LogP contribution in [-0.2, 0) is 0 Å². The first-order valence-corrected chi connectivity index (χ1v) is 5.33. The van der Waals surface area contributed by atoms with Crippen LogP contribution in [0.25, 0.3) is 0 Å². The van der Waals surface area contributed by atoms with E-state index in [2.05, 4.69) is 10.4 Å². The number of amides is 1. The zero-order chi connectivity index (χ0) is 13.0. The first-order valence-electron chi connectivity index (χ1n) is 5.33. The molecule has 0 radical (unpaired) electrons. The normalized spacial score (nSPS) is 9.78. The summed E-state index contributed by atoms with van der Waals surface area (Å²) in [5.74, 6) is -0.203. The van der Waals surface area contributed by atoms with Crippen LogP contribution in [0.4, 0.5) is 17.1 Å². The maximum absolute atomic E-state index is 11.9. The Morgan fingerprint density at radius 1 is 1.06 bits per heavy atom. The van der Waals surface area contributed by atoms with E-state index >= 15 is 0 Å². The van der Waals surface area contributed by atoms with Crippen molar-refractivity contribution in [2.45, 2.75) is 0 Å². The Hall–Kier alpha value is -2.69. The minimum Gasteiger partial charge on any atom is -0.399 e. The number of hydrogen-bond donors (Lipinski definition) is 3. The Bertz CT molecular complexity index is 561. The summed E-state index contributed by atoms with van der Waals surface area (Å²) in [5.41, 5.74) is 14.7. The molecule has 90 valence electrons. The van der Waals surface area contributed by atoms with Gasteiger partial charge in [-0.15, -0.1) is 0 Å². The van der Waals surface area contributed by atoms with Crippen molar-refractivity contribution in [2.75, 3.05) is 11.1 Å². The highest BCUT2D eigenvalue weighted by atomic mass is 16.1. The molecule has 2 aromatic carbocycles. The van der Waals surface area contributed by atoms with Crippen molar-refractivity contribution in [3.8, 4) is 0 Å². The van der Waals surface area contributed by atoms with Gasteiger partial charge in [0.25, 0.3) is 5.91 Å². The fourth-order valence-electron chi connectivity index (χ4n) is 1.46. The zero-order valence-electron chi connectivity index (χ0n) is 9.55. The smallest absolute Gasteiger partial charge is 0.255 e. The molecule has 2 aromatic rings. The van der Waals surface area contributed by atoms with Gasteiger partial charge in [-0.3, -0.25) is 4.79 Å². The molecule has 0 saturated carbocycles. The number of carbonyl (C=O) groups is 1. The molecule has 0 spiro atoms. The minimum atomic E-state index is -0.203. The Kier molecular flexibility index (Phi) is 3.33. The van der Waals surface area contributed by atoms with Crippen molar-refractivity contribution in [2.24, 2.45) is 5.11 Å². The summed E-state index contributed by atoms with van der Waals surface area (Å²) in [6, 6.07) is 13.4. The molecule has 0 aliphatic carbocycles. The van der Waals surface area contributed by atoms with Gasteiger partial charge in [-0.05, 0) is 48.5 Å². The lowest BCUT2D eigenvalue weighted by Crippen LogP contribution is -2.11. The summed E-state index contributed by atoms with van der Waals surface area (Å²) in [6.07, 6.45) is 0. The third-order valence-corrected chi connectivity index (χ3v) is 2.43. The van der Waals surface area contributed by atoms with E-state index in [9.17, 15) is 4.79 Å². The second kappa shape index (κ2) is 5.09. The van der Waals surface area contributed by atoms with Gasteiger partial charge in [0.05, 0.1) is 5.69 Å². The molecule has 2 rings (SSSR count). The average Bonchev–Trinajstić information content (AvgIpc) is 2.40. The number of nitrogen functional groups attached to an aromatic ring is 1. The summed E-state index contributed by atoms with van der Waals surface area (Å²) in [6.45, 7) is 0. The van der Waals surface area contributed by atoms with E-state index in [1.165, 1.54) is 0 Å². The lowest BCUT2D eigenvalue weighted by molar-refractivity contribution is 0.102. The Morgan fingerprint density at radius 2 is 1.67 bits per heavy atom. The molecular weight excluding hydrogens is 228 g/mol. The van der Waals surface area contributed by atoms with Gasteiger partial charge in [-0.1, -0.05) is 0 Å². The second-order valence-electron chi connectivity index (χ2n) is 3.73. The minimum absolute atomic E-state index is 0.203. The van der Waals surface area contributed by atoms with E-state index in [1.54, 1.807) is 48.5 Å². The molecule has 0 aliphatic rings. The Labute approximate surface area is 104 Å². The molecule has 5 nitrogen and oxygen atoms in total. The fraction of sp³-hybridized carbons (Fsp3) is 0. The van der Waals surface area contributed by atoms with Gasteiger partial charge in [0.2, 0.25) is 0 Å². The largest absolute Gasteiger partial charge is 0.399 e. The summed E-state index contributed by atoms with van der Waals surface area (Å²) < 4.78 is 0. The van der Waals surface area contributed by atoms with Gasteiger partial charge in [0, 0.05) is 16.9 Å². The lowest BCUT2D eigenvalue weighted by atomic mass is 10.2. The maximum atomic E-state index is 11.9. The van der Waals surface area contributed by atoms with Gasteiger partial charge >= 0.3 is 0 Å². The molecule has 0 atom stereocenters. The third kappa shape index (κ3) is 2.70. The van der Waals surface area contributed by atoms with E-state index < -0.39 is 0 Å². The molecule has 0 fully saturated rings. The summed E-state index contributed by atoms with van der Waals surface area (Å²) in [5, 5.41) is 6.03. The topological polar surface area (TPSA) is 91.3 Å². The van der Waals surface area contributed by atoms with Crippen LogP contribution in [-0.4, -0.2) is 5.91 Å². The molecule has 0 saturated heterocycles. The summed E-state index contributed by atoms with van der Waals surface area (Å²) in [7, 11) is 0. The number of carbonyl (C=O) groups excluding carboxylic acids is 1. The quantitative estimate of drug-likeness (QED) is 0.568. The van der Waals surface area contributed by atoms with E-state index in [1.807, 2.05) is 0 Å². The van der Waals surface area contributed by atoms with Gasteiger partial charge in [0.15, 0.2) is 0 Å². The number of nitrogens with one attached hydrogen (secondary N) is 2. The molecule has 4 N–H and O–H groups in total. The van der Waals surface area contributed by atoms with Crippen molar-refractivity contribution in [1.29, 1.82) is 5.53 Å². The molecule has 0 bridgehead atoms. The number of rotatable bonds is 3. The van der Waals surface area contributed by atoms with Crippen LogP contribution in [0, 0.1) is 5.53 Å². The molecule has 18 heavy (non-hydrogen) atoms. The highest BCUT2D eigenvalue weighted by Crippen LogP contribution is 2.16. The van der Waals surface area contributed by atoms with E-state index in [4.69, 9.17) is 11.3 Å². The van der Waals surface area contributed by atoms with E-state index in [0.717, 1.165) is 0 Å². The standard InChI is InChI=1S/C13H12N4O/c14-10-3-1-9(2-4-10)13(18)16-11-5-7-12(17-15)8-6-11/h1-8,15H,14H2,(H,16,18). The summed E-state index contributed by atoms with van der Waals surface area (Å²) >= 11 is 0. The highest BCUT2D eigenvalue weighted by molar-refractivity contribution is 6.04. The number of nitrogens with zero attached hydrogens (tertiary/aromatic N) is 1. The monoisotopic (exact) mass is 240 g/mol. The van der Waals surface area contributed by atoms with Crippen LogP contribution in [0.15, 0.2) is 53.6 Å². The van der Waals surface area contributed by atoms with Crippen molar-refractivity contribution >= 4 is 23.0 Å². The van der Waals surface area contributed by atoms with Crippen LogP contribution in [0.1, 0.15) is 10.4 Å². The van der Waals surface area contributed by atoms with Crippen LogP contribution in [0.2, 0.25) is 0 Å². The predicted molar refractivity (Wildman–Crippen MR) is 70.1 cm³/mol. The Balaban J connectivity index is 2.10. The number of hydrogen-bond acceptors (Lipinski definition) is 4. The van der Waals surface area contributed by atoms with Crippen LogP contribution in [0.3, 0.4) is 0 Å². The van der Waals surface area contributed by atoms with Gasteiger partial charge in [0.1, 0.15) is 0 Å². The molecule has 5 heteroatoms. The SMILES string of the molecule is N=Nc1ccc(NC(=O)c2ccc(N)cc2)cc1. The van der Waals surface area contributed by atoms with Crippen LogP contribution in [0.5, 0.6) is 0 Å². The van der Waals surface area contributed by atoms with E-state index in [0.29, 0.717) is 22.6 Å². The highest BCUT2D eigenvalue weighted by Gasteiger charge is 2.05. The fourth-order valence-corrected chi connectivity index (χ4v) is 1.46. The predicted octanol–water partition coefficient (Wildman–Crippen LogP) is 3.18. The number of anilines is 2. The van der Waals surface area contributed by atoms with Gasteiger partial charge < -0.3 is 11.1 Å². The van der Waals surface area contributed by atoms with Gasteiger partial charge in [-0.2, -0.15) is 5.11 Å². The van der Waals surface area contributed by atoms with Crippen LogP contribution < -0.4 is 11.1 Å². The van der Waals surface area contributed by atoms with Crippen molar-refractivity contribution in [3.05, 3.63) is 54.1 Å². The average molecular weight is 240 g/mol. The molecule has 0 unspecified atom stereocenters. The molecule has 0 aromatic heterocycles. The zero-order valence-corrected chi connectivity index (χ0v) is 9.55. The second-order valence-corrected chi connectivity index (χ2v) is 3.73. The summed E-state index contributed by atoms with van der Waals surface area (Å²) in [4.78, 5) is 11.9. The number of benzene rings is 2. The van der Waals surface area contributed by atoms with Crippen LogP contribution >= 0.6 is 0 Å². The Morgan fingerprint density at radius 3 is 2.22 bits per heavy atom. The first-order chi connectivity index (χ1) is 8.69. The number of nitrogens with two attached hydrogens (primary N) is 1. The van der Waals surface area contributed by atoms with Crippen molar-refractivity contribution in [3.63, 3.8) is 0 Å². The molecule has 1 amide bonds. The molecule has 0 aliphatic heterocycles. The van der Waals surface area contributed by atoms with Gasteiger partial charge in [-0.25, -0.2) is 5.53 Å². The molecular formula is C13H12N4O. The lowest BCUT2D eigenvalue weighted by Gasteiger charge is -2.05. The van der Waals surface area contributed by atoms with Crippen molar-refractivity contribution in [1.82, 2.24) is 0 Å². The maximum Gasteiger partial charge on any atom is 0.255 e. The van der Waals surface area contributed by atoms with E-state index in [-0.39, 0.29) is 5.91 Å². The molecule has 0 heterocycles. The first kappa shape index (κ1) is 11.8. The third-order valence-electron chi connectivity index (χ3n) is 2.43.